The van der Waals surface area contributed by atoms with E-state index >= 15 is 0 Å². The first-order chi connectivity index (χ1) is 12.4. The van der Waals surface area contributed by atoms with E-state index in [0.29, 0.717) is 21.3 Å². The summed E-state index contributed by atoms with van der Waals surface area (Å²) >= 11 is 3.36. The summed E-state index contributed by atoms with van der Waals surface area (Å²) in [6.07, 6.45) is 0.714. The average molecular weight is 421 g/mol. The van der Waals surface area contributed by atoms with E-state index < -0.39 is 12.1 Å². The van der Waals surface area contributed by atoms with Crippen LogP contribution in [0.5, 0.6) is 11.5 Å². The minimum atomic E-state index is -0.684. The number of nitrogens with zero attached hydrogens (tertiary/aromatic N) is 1. The molecule has 0 unspecified atom stereocenters. The van der Waals surface area contributed by atoms with Crippen LogP contribution in [0.15, 0.2) is 46.0 Å². The molecule has 0 fully saturated rings. The summed E-state index contributed by atoms with van der Waals surface area (Å²) in [5.41, 5.74) is 4.26. The van der Waals surface area contributed by atoms with Gasteiger partial charge in [-0.05, 0) is 52.7 Å². The van der Waals surface area contributed by atoms with Crippen LogP contribution >= 0.6 is 15.9 Å². The topological polar surface area (TPSA) is 86.2 Å². The summed E-state index contributed by atoms with van der Waals surface area (Å²) in [6.45, 7) is 1.93. The third kappa shape index (κ3) is 5.06. The van der Waals surface area contributed by atoms with Gasteiger partial charge in [0.25, 0.3) is 0 Å². The zero-order chi connectivity index (χ0) is 19.1. The second-order valence-electron chi connectivity index (χ2n) is 5.15. The predicted molar refractivity (Wildman–Crippen MR) is 100.0 cm³/mol. The number of carbonyl (C=O) groups excluding carboxylic acids is 2. The number of amides is 1. The highest BCUT2D eigenvalue weighted by Gasteiger charge is 2.16. The molecule has 0 aliphatic rings. The van der Waals surface area contributed by atoms with Crippen LogP contribution in [0.25, 0.3) is 0 Å². The Morgan fingerprint density at radius 3 is 2.46 bits per heavy atom. The molecule has 0 bridgehead atoms. The molecule has 7 nitrogen and oxygen atoms in total. The lowest BCUT2D eigenvalue weighted by Gasteiger charge is -2.12. The van der Waals surface area contributed by atoms with Gasteiger partial charge in [-0.1, -0.05) is 17.7 Å². The number of hydrogen-bond donors (Lipinski definition) is 1. The lowest BCUT2D eigenvalue weighted by Crippen LogP contribution is -2.16. The van der Waals surface area contributed by atoms with Gasteiger partial charge in [0, 0.05) is 0 Å². The van der Waals surface area contributed by atoms with Crippen molar-refractivity contribution in [2.75, 3.05) is 14.2 Å². The molecular formula is C18H17BrN2O5. The lowest BCUT2D eigenvalue weighted by atomic mass is 10.1. The molecule has 0 radical (unpaired) electrons. The monoisotopic (exact) mass is 420 g/mol. The molecule has 0 aliphatic heterocycles. The number of ether oxygens (including phenoxy) is 3. The van der Waals surface area contributed by atoms with E-state index in [4.69, 9.17) is 9.47 Å². The number of hydrogen-bond acceptors (Lipinski definition) is 6. The zero-order valence-electron chi connectivity index (χ0n) is 14.4. The Balaban J connectivity index is 2.22. The molecule has 26 heavy (non-hydrogen) atoms. The highest BCUT2D eigenvalue weighted by Crippen LogP contribution is 2.36. The molecular weight excluding hydrogens is 404 g/mol. The molecule has 8 heteroatoms. The van der Waals surface area contributed by atoms with Crippen LogP contribution < -0.4 is 14.9 Å². The molecule has 1 amide bonds. The molecule has 0 aromatic heterocycles. The number of halogens is 1. The number of benzene rings is 2. The van der Waals surface area contributed by atoms with Gasteiger partial charge in [-0.15, -0.1) is 0 Å². The maximum absolute atomic E-state index is 12.3. The Bertz CT molecular complexity index is 834. The quantitative estimate of drug-likeness (QED) is 0.345. The van der Waals surface area contributed by atoms with Gasteiger partial charge < -0.3 is 14.2 Å². The third-order valence-corrected chi connectivity index (χ3v) is 3.88. The van der Waals surface area contributed by atoms with Gasteiger partial charge in [0.15, 0.2) is 11.5 Å². The minimum Gasteiger partial charge on any atom is -0.493 e. The van der Waals surface area contributed by atoms with Crippen LogP contribution in [-0.4, -0.2) is 32.5 Å². The van der Waals surface area contributed by atoms with E-state index in [9.17, 15) is 9.59 Å². The number of methoxy groups -OCH3 is 2. The lowest BCUT2D eigenvalue weighted by molar-refractivity contribution is 0.0728. The van der Waals surface area contributed by atoms with Crippen LogP contribution in [0, 0.1) is 6.92 Å². The molecule has 0 atom stereocenters. The van der Waals surface area contributed by atoms with Gasteiger partial charge >= 0.3 is 12.1 Å². The molecule has 1 N–H and O–H groups in total. The van der Waals surface area contributed by atoms with Crippen LogP contribution in [0.1, 0.15) is 21.5 Å². The van der Waals surface area contributed by atoms with Crippen molar-refractivity contribution in [2.45, 2.75) is 6.92 Å². The second kappa shape index (κ2) is 9.00. The maximum Gasteiger partial charge on any atom is 0.427 e. The van der Waals surface area contributed by atoms with Gasteiger partial charge in [0.1, 0.15) is 0 Å². The van der Waals surface area contributed by atoms with Crippen LogP contribution in [0.4, 0.5) is 4.79 Å². The number of rotatable bonds is 5. The Kier molecular flexibility index (Phi) is 6.74. The molecule has 136 valence electrons. The van der Waals surface area contributed by atoms with Gasteiger partial charge in [-0.2, -0.15) is 5.10 Å². The zero-order valence-corrected chi connectivity index (χ0v) is 16.0. The fraction of sp³-hybridized carbons (Fsp3) is 0.167. The van der Waals surface area contributed by atoms with Gasteiger partial charge in [-0.25, -0.2) is 15.0 Å². The highest BCUT2D eigenvalue weighted by atomic mass is 79.9. The van der Waals surface area contributed by atoms with E-state index in [2.05, 4.69) is 31.2 Å². The molecule has 0 spiro atoms. The van der Waals surface area contributed by atoms with Crippen LogP contribution in [-0.2, 0) is 4.74 Å². The van der Waals surface area contributed by atoms with E-state index in [-0.39, 0.29) is 5.75 Å². The summed E-state index contributed by atoms with van der Waals surface area (Å²) in [5, 5.41) is 3.74. The standard InChI is InChI=1S/C18H17BrN2O5/c1-11-4-6-13(7-5-11)17(22)26-16-14(19)8-12(9-15(16)24-2)10-20-21-18(23)25-3/h4-10H,1-3H3,(H,21,23)/b20-10-. The molecule has 2 aromatic rings. The Labute approximate surface area is 159 Å². The number of aryl methyl sites for hydroxylation is 1. The van der Waals surface area contributed by atoms with Crippen molar-refractivity contribution >= 4 is 34.2 Å². The first-order valence-corrected chi connectivity index (χ1v) is 8.27. The predicted octanol–water partition coefficient (Wildman–Crippen LogP) is 3.68. The van der Waals surface area contributed by atoms with Gasteiger partial charge in [0.2, 0.25) is 0 Å². The summed E-state index contributed by atoms with van der Waals surface area (Å²) in [7, 11) is 2.69. The number of carbonyl (C=O) groups is 2. The van der Waals surface area contributed by atoms with Gasteiger partial charge in [0.05, 0.1) is 30.5 Å². The fourth-order valence-electron chi connectivity index (χ4n) is 1.96. The molecule has 2 rings (SSSR count). The van der Waals surface area contributed by atoms with E-state index in [0.717, 1.165) is 5.56 Å². The first kappa shape index (κ1) is 19.5. The SMILES string of the molecule is COC(=O)N/N=C\c1cc(Br)c(OC(=O)c2ccc(C)cc2)c(OC)c1. The number of esters is 1. The fourth-order valence-corrected chi connectivity index (χ4v) is 2.50. The highest BCUT2D eigenvalue weighted by molar-refractivity contribution is 9.10. The number of nitrogens with one attached hydrogen (secondary N) is 1. The van der Waals surface area contributed by atoms with Crippen LogP contribution in [0.3, 0.4) is 0 Å². The van der Waals surface area contributed by atoms with Crippen molar-refractivity contribution < 1.29 is 23.8 Å². The largest absolute Gasteiger partial charge is 0.493 e. The Morgan fingerprint density at radius 1 is 1.15 bits per heavy atom. The molecule has 0 saturated carbocycles. The molecule has 0 aliphatic carbocycles. The van der Waals surface area contributed by atoms with E-state index in [1.165, 1.54) is 20.4 Å². The average Bonchev–Trinajstić information content (AvgIpc) is 2.63. The number of hydrazone groups is 1. The summed E-state index contributed by atoms with van der Waals surface area (Å²) in [5.74, 6) is 0.0771. The van der Waals surface area contributed by atoms with Crippen molar-refractivity contribution in [1.29, 1.82) is 0 Å². The molecule has 0 saturated heterocycles. The Morgan fingerprint density at radius 2 is 1.85 bits per heavy atom. The third-order valence-electron chi connectivity index (χ3n) is 3.29. The maximum atomic E-state index is 12.3. The second-order valence-corrected chi connectivity index (χ2v) is 6.01. The smallest absolute Gasteiger partial charge is 0.427 e. The molecule has 2 aromatic carbocycles. The molecule has 0 heterocycles. The summed E-state index contributed by atoms with van der Waals surface area (Å²) in [6, 6.07) is 10.3. The van der Waals surface area contributed by atoms with Crippen molar-refractivity contribution in [3.05, 3.63) is 57.6 Å². The summed E-state index contributed by atoms with van der Waals surface area (Å²) < 4.78 is 15.7. The van der Waals surface area contributed by atoms with Crippen molar-refractivity contribution in [2.24, 2.45) is 5.10 Å². The van der Waals surface area contributed by atoms with Crippen molar-refractivity contribution in [3.63, 3.8) is 0 Å². The van der Waals surface area contributed by atoms with Gasteiger partial charge in [-0.3, -0.25) is 0 Å². The van der Waals surface area contributed by atoms with Crippen molar-refractivity contribution in [1.82, 2.24) is 5.43 Å². The van der Waals surface area contributed by atoms with E-state index in [1.807, 2.05) is 19.1 Å². The minimum absolute atomic E-state index is 0.246. The van der Waals surface area contributed by atoms with Crippen molar-refractivity contribution in [3.8, 4) is 11.5 Å². The van der Waals surface area contributed by atoms with Crippen LogP contribution in [0.2, 0.25) is 0 Å². The van der Waals surface area contributed by atoms with E-state index in [1.54, 1.807) is 24.3 Å². The normalized spacial score (nSPS) is 10.5. The Hall–Kier alpha value is -2.87. The summed E-state index contributed by atoms with van der Waals surface area (Å²) in [4.78, 5) is 23.3. The first-order valence-electron chi connectivity index (χ1n) is 7.48.